The number of ether oxygens (including phenoxy) is 2. The first-order valence-corrected chi connectivity index (χ1v) is 7.05. The molecule has 2 rings (SSSR count). The number of carboxylic acid groups (broad SMARTS) is 1. The van der Waals surface area contributed by atoms with Gasteiger partial charge < -0.3 is 14.6 Å². The predicted molar refractivity (Wildman–Crippen MR) is 81.2 cm³/mol. The predicted octanol–water partition coefficient (Wildman–Crippen LogP) is 3.12. The quantitative estimate of drug-likeness (QED) is 0.861. The highest BCUT2D eigenvalue weighted by atomic mass is 79.9. The Morgan fingerprint density at radius 2 is 2.10 bits per heavy atom. The van der Waals surface area contributed by atoms with Crippen molar-refractivity contribution < 1.29 is 19.4 Å². The van der Waals surface area contributed by atoms with Gasteiger partial charge in [0.25, 0.3) is 0 Å². The molecular formula is C14H15BrN2O4. The van der Waals surface area contributed by atoms with Gasteiger partial charge in [-0.3, -0.25) is 5.10 Å². The molecule has 0 aliphatic heterocycles. The average molecular weight is 355 g/mol. The van der Waals surface area contributed by atoms with Gasteiger partial charge in [-0.15, -0.1) is 0 Å². The van der Waals surface area contributed by atoms with E-state index < -0.39 is 5.97 Å². The summed E-state index contributed by atoms with van der Waals surface area (Å²) in [6.45, 7) is 1.98. The number of methoxy groups -OCH3 is 2. The molecule has 1 heterocycles. The topological polar surface area (TPSA) is 84.4 Å². The van der Waals surface area contributed by atoms with E-state index in [-0.39, 0.29) is 5.69 Å². The van der Waals surface area contributed by atoms with Crippen LogP contribution >= 0.6 is 15.9 Å². The van der Waals surface area contributed by atoms with Crippen LogP contribution < -0.4 is 9.47 Å². The van der Waals surface area contributed by atoms with Gasteiger partial charge in [0.05, 0.1) is 19.9 Å². The number of benzene rings is 1. The van der Waals surface area contributed by atoms with Gasteiger partial charge in [-0.25, -0.2) is 4.79 Å². The number of H-pyrrole nitrogens is 1. The van der Waals surface area contributed by atoms with Gasteiger partial charge >= 0.3 is 5.97 Å². The highest BCUT2D eigenvalue weighted by molar-refractivity contribution is 9.10. The summed E-state index contributed by atoms with van der Waals surface area (Å²) in [7, 11) is 3.14. The number of aromatic nitrogens is 2. The van der Waals surface area contributed by atoms with Crippen molar-refractivity contribution in [2.45, 2.75) is 13.3 Å². The highest BCUT2D eigenvalue weighted by Crippen LogP contribution is 2.43. The standard InChI is InChI=1S/C14H15BrN2O4/c1-4-7-12(9-6-10(14(18)19)17-16-9)8(15)5-11(20-2)13(7)21-3/h5-6H,4H2,1-3H3,(H,16,17)(H,18,19). The van der Waals surface area contributed by atoms with Gasteiger partial charge in [-0.2, -0.15) is 5.10 Å². The zero-order chi connectivity index (χ0) is 15.6. The average Bonchev–Trinajstić information content (AvgIpc) is 2.95. The highest BCUT2D eigenvalue weighted by Gasteiger charge is 2.21. The summed E-state index contributed by atoms with van der Waals surface area (Å²) in [4.78, 5) is 11.0. The first-order valence-electron chi connectivity index (χ1n) is 6.25. The molecule has 1 aromatic heterocycles. The van der Waals surface area contributed by atoms with Crippen molar-refractivity contribution >= 4 is 21.9 Å². The number of rotatable bonds is 5. The number of nitrogens with one attached hydrogen (secondary N) is 1. The minimum absolute atomic E-state index is 0.0359. The van der Waals surface area contributed by atoms with Crippen LogP contribution in [0.15, 0.2) is 16.6 Å². The summed E-state index contributed by atoms with van der Waals surface area (Å²) < 4.78 is 11.5. The van der Waals surface area contributed by atoms with Crippen LogP contribution in [0.5, 0.6) is 11.5 Å². The third kappa shape index (κ3) is 2.73. The Balaban J connectivity index is 2.69. The Morgan fingerprint density at radius 3 is 2.57 bits per heavy atom. The van der Waals surface area contributed by atoms with E-state index in [1.807, 2.05) is 6.92 Å². The van der Waals surface area contributed by atoms with Crippen LogP contribution in [0.3, 0.4) is 0 Å². The monoisotopic (exact) mass is 354 g/mol. The second-order valence-electron chi connectivity index (χ2n) is 4.27. The van der Waals surface area contributed by atoms with Crippen LogP contribution in [0.1, 0.15) is 23.0 Å². The van der Waals surface area contributed by atoms with Crippen molar-refractivity contribution in [1.82, 2.24) is 10.2 Å². The molecule has 6 nitrogen and oxygen atoms in total. The van der Waals surface area contributed by atoms with Crippen LogP contribution in [0.2, 0.25) is 0 Å². The van der Waals surface area contributed by atoms with Crippen LogP contribution in [0.4, 0.5) is 0 Å². The molecule has 0 unspecified atom stereocenters. The van der Waals surface area contributed by atoms with E-state index in [9.17, 15) is 4.79 Å². The van der Waals surface area contributed by atoms with E-state index in [4.69, 9.17) is 14.6 Å². The fraction of sp³-hybridized carbons (Fsp3) is 0.286. The summed E-state index contributed by atoms with van der Waals surface area (Å²) in [5, 5.41) is 15.6. The largest absolute Gasteiger partial charge is 0.493 e. The molecule has 0 radical (unpaired) electrons. The summed E-state index contributed by atoms with van der Waals surface area (Å²) in [6.07, 6.45) is 0.684. The number of nitrogens with zero attached hydrogens (tertiary/aromatic N) is 1. The summed E-state index contributed by atoms with van der Waals surface area (Å²) in [6, 6.07) is 3.27. The number of hydrogen-bond donors (Lipinski definition) is 2. The van der Waals surface area contributed by atoms with Gasteiger partial charge in [0.1, 0.15) is 5.69 Å². The number of carbonyl (C=O) groups is 1. The van der Waals surface area contributed by atoms with Gasteiger partial charge in [0.15, 0.2) is 11.5 Å². The lowest BCUT2D eigenvalue weighted by Gasteiger charge is -2.16. The number of aromatic amines is 1. The van der Waals surface area contributed by atoms with Crippen molar-refractivity contribution in [2.24, 2.45) is 0 Å². The third-order valence-electron chi connectivity index (χ3n) is 3.14. The van der Waals surface area contributed by atoms with E-state index in [1.54, 1.807) is 20.3 Å². The lowest BCUT2D eigenvalue weighted by atomic mass is 10.0. The van der Waals surface area contributed by atoms with E-state index in [2.05, 4.69) is 26.1 Å². The molecule has 1 aromatic carbocycles. The van der Waals surface area contributed by atoms with Crippen LogP contribution in [-0.4, -0.2) is 35.5 Å². The zero-order valence-corrected chi connectivity index (χ0v) is 13.4. The second kappa shape index (κ2) is 6.17. The Hall–Kier alpha value is -2.02. The van der Waals surface area contributed by atoms with Crippen LogP contribution in [-0.2, 0) is 6.42 Å². The fourth-order valence-corrected chi connectivity index (χ4v) is 2.86. The molecule has 0 amide bonds. The lowest BCUT2D eigenvalue weighted by Crippen LogP contribution is -1.99. The first kappa shape index (κ1) is 15.4. The number of aromatic carboxylic acids is 1. The van der Waals surface area contributed by atoms with Gasteiger partial charge in [0, 0.05) is 15.6 Å². The second-order valence-corrected chi connectivity index (χ2v) is 5.13. The van der Waals surface area contributed by atoms with E-state index in [1.165, 1.54) is 6.07 Å². The molecule has 2 N–H and O–H groups in total. The van der Waals surface area contributed by atoms with Crippen LogP contribution in [0, 0.1) is 0 Å². The smallest absolute Gasteiger partial charge is 0.353 e. The van der Waals surface area contributed by atoms with Gasteiger partial charge in [-0.05, 0) is 34.5 Å². The molecule has 0 aliphatic carbocycles. The number of hydrogen-bond acceptors (Lipinski definition) is 4. The zero-order valence-electron chi connectivity index (χ0n) is 11.9. The maximum Gasteiger partial charge on any atom is 0.353 e. The maximum atomic E-state index is 11.0. The molecule has 0 saturated heterocycles. The summed E-state index contributed by atoms with van der Waals surface area (Å²) in [5.41, 5.74) is 2.26. The maximum absolute atomic E-state index is 11.0. The Bertz CT molecular complexity index is 682. The number of carboxylic acids is 1. The van der Waals surface area contributed by atoms with E-state index in [0.717, 1.165) is 15.6 Å². The van der Waals surface area contributed by atoms with Crippen molar-refractivity contribution in [1.29, 1.82) is 0 Å². The van der Waals surface area contributed by atoms with E-state index >= 15 is 0 Å². The summed E-state index contributed by atoms with van der Waals surface area (Å²) >= 11 is 3.49. The molecule has 0 bridgehead atoms. The van der Waals surface area contributed by atoms with Gasteiger partial charge in [-0.1, -0.05) is 6.92 Å². The molecule has 112 valence electrons. The van der Waals surface area contributed by atoms with Crippen molar-refractivity contribution in [3.63, 3.8) is 0 Å². The van der Waals surface area contributed by atoms with E-state index in [0.29, 0.717) is 23.6 Å². The lowest BCUT2D eigenvalue weighted by molar-refractivity contribution is 0.0690. The molecule has 2 aromatic rings. The SMILES string of the molecule is CCc1c(OC)c(OC)cc(Br)c1-c1cc(C(=O)O)[nH]n1. The van der Waals surface area contributed by atoms with Crippen LogP contribution in [0.25, 0.3) is 11.3 Å². The Morgan fingerprint density at radius 1 is 1.38 bits per heavy atom. The first-order chi connectivity index (χ1) is 10.0. The molecular weight excluding hydrogens is 340 g/mol. The molecule has 0 saturated carbocycles. The minimum Gasteiger partial charge on any atom is -0.493 e. The molecule has 21 heavy (non-hydrogen) atoms. The molecule has 0 atom stereocenters. The molecule has 7 heteroatoms. The summed E-state index contributed by atoms with van der Waals surface area (Å²) in [5.74, 6) is 0.181. The molecule has 0 spiro atoms. The van der Waals surface area contributed by atoms with Crippen molar-refractivity contribution in [3.05, 3.63) is 27.9 Å². The molecule has 0 fully saturated rings. The third-order valence-corrected chi connectivity index (χ3v) is 3.76. The van der Waals surface area contributed by atoms with Gasteiger partial charge in [0.2, 0.25) is 0 Å². The molecule has 0 aliphatic rings. The van der Waals surface area contributed by atoms with Crippen molar-refractivity contribution in [2.75, 3.05) is 14.2 Å². The Labute approximate surface area is 130 Å². The normalized spacial score (nSPS) is 10.5. The van der Waals surface area contributed by atoms with Crippen molar-refractivity contribution in [3.8, 4) is 22.8 Å². The Kier molecular flexibility index (Phi) is 4.52. The fourth-order valence-electron chi connectivity index (χ4n) is 2.21. The minimum atomic E-state index is -1.05. The number of halogens is 1.